The van der Waals surface area contributed by atoms with Gasteiger partial charge in [-0.3, -0.25) is 9.69 Å². The molecular weight excluding hydrogens is 333 g/mol. The second-order valence-electron chi connectivity index (χ2n) is 6.82. The molecule has 26 heavy (non-hydrogen) atoms. The van der Waals surface area contributed by atoms with Gasteiger partial charge in [-0.25, -0.2) is 9.18 Å². The molecule has 4 rings (SSSR count). The molecule has 0 bridgehead atoms. The number of anilines is 1. The number of carbonyl (C=O) groups is 2. The minimum absolute atomic E-state index is 0.0740. The summed E-state index contributed by atoms with van der Waals surface area (Å²) < 4.78 is 18.5. The molecule has 2 aliphatic rings. The Kier molecular flexibility index (Phi) is 3.87. The zero-order chi connectivity index (χ0) is 18.4. The number of nitrogens with zero attached hydrogens (tertiary/aromatic N) is 1. The summed E-state index contributed by atoms with van der Waals surface area (Å²) in [5.74, 6) is -1.26. The van der Waals surface area contributed by atoms with Crippen LogP contribution in [0.25, 0.3) is 0 Å². The van der Waals surface area contributed by atoms with Crippen LogP contribution in [0.4, 0.5) is 10.1 Å². The summed E-state index contributed by atoms with van der Waals surface area (Å²) in [5.41, 5.74) is 4.66. The number of hydrogen-bond donors (Lipinski definition) is 0. The predicted molar refractivity (Wildman–Crippen MR) is 95.1 cm³/mol. The van der Waals surface area contributed by atoms with E-state index < -0.39 is 11.9 Å². The van der Waals surface area contributed by atoms with Crippen molar-refractivity contribution in [2.75, 3.05) is 11.5 Å². The molecule has 0 fully saturated rings. The molecule has 2 aromatic rings. The second-order valence-corrected chi connectivity index (χ2v) is 6.82. The van der Waals surface area contributed by atoms with E-state index in [1.54, 1.807) is 17.0 Å². The molecule has 2 heterocycles. The van der Waals surface area contributed by atoms with E-state index in [1.165, 1.54) is 12.1 Å². The number of aryl methyl sites for hydroxylation is 2. The third-order valence-electron chi connectivity index (χ3n) is 4.85. The normalized spacial score (nSPS) is 19.7. The molecule has 2 aliphatic heterocycles. The summed E-state index contributed by atoms with van der Waals surface area (Å²) in [6, 6.07) is 11.8. The SMILES string of the molecule is Cc1cc(C)cc(N2C(=O)C[C@H](c3ccc(F)cc3)C3=C2COC3=O)c1. The molecular formula is C21H18FNO3. The molecule has 0 spiro atoms. The first-order chi connectivity index (χ1) is 12.4. The maximum absolute atomic E-state index is 13.3. The van der Waals surface area contributed by atoms with Gasteiger partial charge in [-0.2, -0.15) is 0 Å². The highest BCUT2D eigenvalue weighted by atomic mass is 19.1. The molecule has 0 saturated carbocycles. The molecule has 132 valence electrons. The van der Waals surface area contributed by atoms with Gasteiger partial charge in [-0.05, 0) is 54.8 Å². The van der Waals surface area contributed by atoms with Crippen LogP contribution in [0.15, 0.2) is 53.7 Å². The minimum atomic E-state index is -0.407. The van der Waals surface area contributed by atoms with Crippen LogP contribution in [0.5, 0.6) is 0 Å². The molecule has 1 amide bonds. The van der Waals surface area contributed by atoms with Gasteiger partial charge in [0.25, 0.3) is 0 Å². The number of cyclic esters (lactones) is 1. The van der Waals surface area contributed by atoms with Crippen molar-refractivity contribution in [3.63, 3.8) is 0 Å². The highest BCUT2D eigenvalue weighted by Gasteiger charge is 2.42. The van der Waals surface area contributed by atoms with E-state index in [0.717, 1.165) is 22.4 Å². The first-order valence-electron chi connectivity index (χ1n) is 8.51. The van der Waals surface area contributed by atoms with Crippen molar-refractivity contribution in [1.29, 1.82) is 0 Å². The Bertz CT molecular complexity index is 926. The van der Waals surface area contributed by atoms with Crippen LogP contribution in [0.1, 0.15) is 29.0 Å². The first-order valence-corrected chi connectivity index (χ1v) is 8.51. The number of amides is 1. The standard InChI is InChI=1S/C21H18FNO3/c1-12-7-13(2)9-16(8-12)23-18-11-26-21(25)20(18)17(10-19(23)24)14-3-5-15(22)6-4-14/h3-9,17H,10-11H2,1-2H3/t17-/m1/s1. The van der Waals surface area contributed by atoms with Crippen molar-refractivity contribution in [1.82, 2.24) is 0 Å². The number of rotatable bonds is 2. The van der Waals surface area contributed by atoms with Crippen LogP contribution in [-0.4, -0.2) is 18.5 Å². The number of hydrogen-bond acceptors (Lipinski definition) is 3. The second kappa shape index (κ2) is 6.09. The Hall–Kier alpha value is -2.95. The molecule has 5 heteroatoms. The third-order valence-corrected chi connectivity index (χ3v) is 4.85. The van der Waals surface area contributed by atoms with Crippen molar-refractivity contribution in [3.05, 3.63) is 76.2 Å². The van der Waals surface area contributed by atoms with E-state index in [2.05, 4.69) is 0 Å². The Morgan fingerprint density at radius 3 is 2.35 bits per heavy atom. The highest BCUT2D eigenvalue weighted by Crippen LogP contribution is 2.42. The molecule has 0 saturated heterocycles. The summed E-state index contributed by atoms with van der Waals surface area (Å²) >= 11 is 0. The summed E-state index contributed by atoms with van der Waals surface area (Å²) in [6.07, 6.45) is 0.145. The molecule has 0 N–H and O–H groups in total. The van der Waals surface area contributed by atoms with Gasteiger partial charge in [0.2, 0.25) is 5.91 Å². The largest absolute Gasteiger partial charge is 0.456 e. The minimum Gasteiger partial charge on any atom is -0.456 e. The molecule has 2 aromatic carbocycles. The van der Waals surface area contributed by atoms with Crippen LogP contribution in [0.3, 0.4) is 0 Å². The average molecular weight is 351 g/mol. The van der Waals surface area contributed by atoms with E-state index in [9.17, 15) is 14.0 Å². The molecule has 0 radical (unpaired) electrons. The zero-order valence-corrected chi connectivity index (χ0v) is 14.6. The average Bonchev–Trinajstić information content (AvgIpc) is 2.95. The smallest absolute Gasteiger partial charge is 0.336 e. The van der Waals surface area contributed by atoms with Crippen LogP contribution >= 0.6 is 0 Å². The van der Waals surface area contributed by atoms with Crippen molar-refractivity contribution in [2.24, 2.45) is 0 Å². The van der Waals surface area contributed by atoms with Gasteiger partial charge >= 0.3 is 5.97 Å². The maximum atomic E-state index is 13.3. The molecule has 0 aliphatic carbocycles. The van der Waals surface area contributed by atoms with Crippen molar-refractivity contribution in [2.45, 2.75) is 26.2 Å². The van der Waals surface area contributed by atoms with E-state index in [1.807, 2.05) is 32.0 Å². The van der Waals surface area contributed by atoms with E-state index >= 15 is 0 Å². The number of benzene rings is 2. The Balaban J connectivity index is 1.84. The lowest BCUT2D eigenvalue weighted by atomic mass is 9.84. The van der Waals surface area contributed by atoms with Crippen molar-refractivity contribution >= 4 is 17.6 Å². The number of carbonyl (C=O) groups excluding carboxylic acids is 2. The van der Waals surface area contributed by atoms with Gasteiger partial charge in [0.15, 0.2) is 0 Å². The van der Waals surface area contributed by atoms with Gasteiger partial charge in [0.05, 0.1) is 11.3 Å². The number of esters is 1. The first kappa shape index (κ1) is 16.5. The quantitative estimate of drug-likeness (QED) is 0.774. The molecule has 0 unspecified atom stereocenters. The van der Waals surface area contributed by atoms with Gasteiger partial charge in [-0.1, -0.05) is 18.2 Å². The van der Waals surface area contributed by atoms with Crippen LogP contribution < -0.4 is 4.90 Å². The van der Waals surface area contributed by atoms with Gasteiger partial charge in [0.1, 0.15) is 12.4 Å². The fourth-order valence-electron chi connectivity index (χ4n) is 3.81. The summed E-state index contributed by atoms with van der Waals surface area (Å²) in [5, 5.41) is 0. The molecule has 1 atom stereocenters. The van der Waals surface area contributed by atoms with Gasteiger partial charge < -0.3 is 4.74 Å². The third kappa shape index (κ3) is 2.69. The predicted octanol–water partition coefficient (Wildman–Crippen LogP) is 3.77. The zero-order valence-electron chi connectivity index (χ0n) is 14.6. The van der Waals surface area contributed by atoms with Crippen molar-refractivity contribution < 1.29 is 18.7 Å². The molecule has 4 nitrogen and oxygen atoms in total. The Morgan fingerprint density at radius 1 is 1.04 bits per heavy atom. The van der Waals surface area contributed by atoms with Crippen LogP contribution in [-0.2, 0) is 14.3 Å². The van der Waals surface area contributed by atoms with Crippen LogP contribution in [0.2, 0.25) is 0 Å². The fraction of sp³-hybridized carbons (Fsp3) is 0.238. The Labute approximate surface area is 150 Å². The number of ether oxygens (including phenoxy) is 1. The van der Waals surface area contributed by atoms with Gasteiger partial charge in [0, 0.05) is 18.0 Å². The fourth-order valence-corrected chi connectivity index (χ4v) is 3.81. The van der Waals surface area contributed by atoms with Gasteiger partial charge in [-0.15, -0.1) is 0 Å². The maximum Gasteiger partial charge on any atom is 0.336 e. The monoisotopic (exact) mass is 351 g/mol. The van der Waals surface area contributed by atoms with Crippen LogP contribution in [0, 0.1) is 19.7 Å². The summed E-state index contributed by atoms with van der Waals surface area (Å²) in [7, 11) is 0. The molecule has 0 aromatic heterocycles. The summed E-state index contributed by atoms with van der Waals surface area (Å²) in [4.78, 5) is 27.0. The van der Waals surface area contributed by atoms with E-state index in [-0.39, 0.29) is 24.8 Å². The topological polar surface area (TPSA) is 46.6 Å². The lowest BCUT2D eigenvalue weighted by Crippen LogP contribution is -2.37. The van der Waals surface area contributed by atoms with Crippen molar-refractivity contribution in [3.8, 4) is 0 Å². The van der Waals surface area contributed by atoms with E-state index in [4.69, 9.17) is 4.74 Å². The highest BCUT2D eigenvalue weighted by molar-refractivity contribution is 6.06. The number of halogens is 1. The lowest BCUT2D eigenvalue weighted by molar-refractivity contribution is -0.136. The Morgan fingerprint density at radius 2 is 1.69 bits per heavy atom. The lowest BCUT2D eigenvalue weighted by Gasteiger charge is -2.32. The summed E-state index contributed by atoms with van der Waals surface area (Å²) in [6.45, 7) is 4.01. The van der Waals surface area contributed by atoms with E-state index in [0.29, 0.717) is 11.3 Å².